The van der Waals surface area contributed by atoms with Gasteiger partial charge in [0.25, 0.3) is 0 Å². The average Bonchev–Trinajstić information content (AvgIpc) is 3.13. The van der Waals surface area contributed by atoms with Crippen molar-refractivity contribution < 1.29 is 0 Å². The van der Waals surface area contributed by atoms with Gasteiger partial charge in [-0.1, -0.05) is 61.0 Å². The third kappa shape index (κ3) is 3.13. The molecule has 0 radical (unpaired) electrons. The summed E-state index contributed by atoms with van der Waals surface area (Å²) in [6.07, 6.45) is 4.06. The summed E-state index contributed by atoms with van der Waals surface area (Å²) in [6, 6.07) is 9.22. The van der Waals surface area contributed by atoms with E-state index >= 15 is 0 Å². The van der Waals surface area contributed by atoms with Gasteiger partial charge in [0.2, 0.25) is 0 Å². The molecule has 1 atom stereocenters. The van der Waals surface area contributed by atoms with E-state index in [-0.39, 0.29) is 0 Å². The monoisotopic (exact) mass is 294 g/mol. The minimum atomic E-state index is 0.458. The lowest BCUT2D eigenvalue weighted by molar-refractivity contribution is 0.319. The summed E-state index contributed by atoms with van der Waals surface area (Å²) in [5.74, 6) is 1.57. The topological polar surface area (TPSA) is 0 Å². The first-order valence-corrected chi connectivity index (χ1v) is 7.82. The highest BCUT2D eigenvalue weighted by molar-refractivity contribution is 9.09. The average molecular weight is 295 g/mol. The normalized spacial score (nSPS) is 19.4. The van der Waals surface area contributed by atoms with E-state index in [2.05, 4.69) is 61.0 Å². The second kappa shape index (κ2) is 5.14. The Balaban J connectivity index is 2.07. The lowest BCUT2D eigenvalue weighted by Gasteiger charge is -2.27. The van der Waals surface area contributed by atoms with Crippen LogP contribution in [0.4, 0.5) is 0 Å². The molecular weight excluding hydrogens is 272 g/mol. The maximum absolute atomic E-state index is 3.71. The highest BCUT2D eigenvalue weighted by Crippen LogP contribution is 2.48. The third-order valence-corrected chi connectivity index (χ3v) is 5.40. The summed E-state index contributed by atoms with van der Waals surface area (Å²) in [6.45, 7) is 6.93. The molecule has 0 N–H and O–H groups in total. The number of hydrogen-bond donors (Lipinski definition) is 0. The number of halogens is 1. The van der Waals surface area contributed by atoms with Crippen molar-refractivity contribution in [3.63, 3.8) is 0 Å². The molecule has 0 amide bonds. The van der Waals surface area contributed by atoms with Crippen LogP contribution in [0.25, 0.3) is 0 Å². The van der Waals surface area contributed by atoms with Crippen LogP contribution >= 0.6 is 15.9 Å². The number of rotatable bonds is 5. The van der Waals surface area contributed by atoms with E-state index in [1.165, 1.54) is 30.4 Å². The van der Waals surface area contributed by atoms with Crippen LogP contribution in [0.3, 0.4) is 0 Å². The van der Waals surface area contributed by atoms with Crippen molar-refractivity contribution in [3.05, 3.63) is 35.4 Å². The van der Waals surface area contributed by atoms with Gasteiger partial charge in [-0.25, -0.2) is 0 Å². The van der Waals surface area contributed by atoms with Crippen molar-refractivity contribution in [2.24, 2.45) is 11.3 Å². The molecule has 0 aliphatic heterocycles. The molecule has 1 aliphatic rings. The molecule has 1 saturated carbocycles. The summed E-state index contributed by atoms with van der Waals surface area (Å²) >= 11 is 3.71. The molecule has 1 unspecified atom stereocenters. The van der Waals surface area contributed by atoms with Crippen LogP contribution in [0.5, 0.6) is 0 Å². The molecule has 2 rings (SSSR count). The largest absolute Gasteiger partial charge is 0.0922 e. The SMILES string of the molecule is CC(C)c1ccc(CC(C)(CBr)C2CC2)cc1. The van der Waals surface area contributed by atoms with E-state index in [9.17, 15) is 0 Å². The molecule has 1 aromatic rings. The van der Waals surface area contributed by atoms with E-state index < -0.39 is 0 Å². The van der Waals surface area contributed by atoms with Crippen LogP contribution in [0.2, 0.25) is 0 Å². The highest BCUT2D eigenvalue weighted by Gasteiger charge is 2.40. The Bertz CT molecular complexity index is 362. The zero-order valence-electron chi connectivity index (χ0n) is 11.2. The lowest BCUT2D eigenvalue weighted by atomic mass is 9.81. The quantitative estimate of drug-likeness (QED) is 0.658. The van der Waals surface area contributed by atoms with Gasteiger partial charge in [-0.05, 0) is 47.6 Å². The van der Waals surface area contributed by atoms with E-state index in [4.69, 9.17) is 0 Å². The van der Waals surface area contributed by atoms with Gasteiger partial charge in [0.1, 0.15) is 0 Å². The van der Waals surface area contributed by atoms with Crippen LogP contribution in [0.15, 0.2) is 24.3 Å². The standard InChI is InChI=1S/C16H23Br/c1-12(2)14-6-4-13(5-7-14)10-16(3,11-17)15-8-9-15/h4-7,12,15H,8-11H2,1-3H3. The van der Waals surface area contributed by atoms with Crippen LogP contribution in [0, 0.1) is 11.3 Å². The zero-order chi connectivity index (χ0) is 12.5. The molecule has 0 saturated heterocycles. The van der Waals surface area contributed by atoms with E-state index in [0.717, 1.165) is 11.2 Å². The summed E-state index contributed by atoms with van der Waals surface area (Å²) in [4.78, 5) is 0. The lowest BCUT2D eigenvalue weighted by Crippen LogP contribution is -2.24. The smallest absolute Gasteiger partial charge is 0.00911 e. The van der Waals surface area contributed by atoms with Gasteiger partial charge in [0.15, 0.2) is 0 Å². The molecule has 94 valence electrons. The molecule has 0 spiro atoms. The summed E-state index contributed by atoms with van der Waals surface area (Å²) in [7, 11) is 0. The second-order valence-electron chi connectivity index (χ2n) is 6.13. The Morgan fingerprint density at radius 1 is 1.24 bits per heavy atom. The van der Waals surface area contributed by atoms with Crippen molar-refractivity contribution in [3.8, 4) is 0 Å². The maximum Gasteiger partial charge on any atom is 0.00911 e. The summed E-state index contributed by atoms with van der Waals surface area (Å²) in [5, 5.41) is 1.12. The minimum absolute atomic E-state index is 0.458. The third-order valence-electron chi connectivity index (χ3n) is 4.12. The highest BCUT2D eigenvalue weighted by atomic mass is 79.9. The van der Waals surface area contributed by atoms with Gasteiger partial charge < -0.3 is 0 Å². The number of hydrogen-bond acceptors (Lipinski definition) is 0. The van der Waals surface area contributed by atoms with Gasteiger partial charge in [0.05, 0.1) is 0 Å². The Hall–Kier alpha value is -0.300. The Morgan fingerprint density at radius 2 is 1.82 bits per heavy atom. The van der Waals surface area contributed by atoms with Crippen LogP contribution in [-0.2, 0) is 6.42 Å². The maximum atomic E-state index is 3.71. The molecule has 0 bridgehead atoms. The minimum Gasteiger partial charge on any atom is -0.0922 e. The number of alkyl halides is 1. The zero-order valence-corrected chi connectivity index (χ0v) is 12.8. The first-order valence-electron chi connectivity index (χ1n) is 6.70. The summed E-state index contributed by atoms with van der Waals surface area (Å²) < 4.78 is 0. The van der Waals surface area contributed by atoms with Crippen molar-refractivity contribution in [2.75, 3.05) is 5.33 Å². The Labute approximate surface area is 114 Å². The molecule has 0 nitrogen and oxygen atoms in total. The Morgan fingerprint density at radius 3 is 2.24 bits per heavy atom. The van der Waals surface area contributed by atoms with Gasteiger partial charge in [0, 0.05) is 5.33 Å². The van der Waals surface area contributed by atoms with Crippen molar-refractivity contribution in [1.82, 2.24) is 0 Å². The fraction of sp³-hybridized carbons (Fsp3) is 0.625. The molecule has 0 heterocycles. The van der Waals surface area contributed by atoms with Gasteiger partial charge in [-0.2, -0.15) is 0 Å². The molecule has 1 fully saturated rings. The first-order chi connectivity index (χ1) is 8.05. The van der Waals surface area contributed by atoms with Gasteiger partial charge in [-0.15, -0.1) is 0 Å². The fourth-order valence-corrected chi connectivity index (χ4v) is 3.22. The van der Waals surface area contributed by atoms with Crippen molar-refractivity contribution in [2.45, 2.75) is 46.0 Å². The number of benzene rings is 1. The fourth-order valence-electron chi connectivity index (χ4n) is 2.57. The van der Waals surface area contributed by atoms with Gasteiger partial charge >= 0.3 is 0 Å². The van der Waals surface area contributed by atoms with E-state index in [0.29, 0.717) is 11.3 Å². The van der Waals surface area contributed by atoms with Crippen LogP contribution in [-0.4, -0.2) is 5.33 Å². The van der Waals surface area contributed by atoms with E-state index in [1.54, 1.807) is 0 Å². The molecule has 17 heavy (non-hydrogen) atoms. The predicted molar refractivity (Wildman–Crippen MR) is 78.9 cm³/mol. The van der Waals surface area contributed by atoms with E-state index in [1.807, 2.05) is 0 Å². The summed E-state index contributed by atoms with van der Waals surface area (Å²) in [5.41, 5.74) is 3.39. The van der Waals surface area contributed by atoms with Crippen LogP contribution < -0.4 is 0 Å². The van der Waals surface area contributed by atoms with Crippen LogP contribution in [0.1, 0.15) is 50.7 Å². The van der Waals surface area contributed by atoms with Crippen molar-refractivity contribution >= 4 is 15.9 Å². The predicted octanol–water partition coefficient (Wildman–Crippen LogP) is 5.16. The molecule has 1 aromatic carbocycles. The Kier molecular flexibility index (Phi) is 3.97. The second-order valence-corrected chi connectivity index (χ2v) is 6.70. The molecular formula is C16H23Br. The molecule has 0 aromatic heterocycles. The first kappa shape index (κ1) is 13.1. The van der Waals surface area contributed by atoms with Gasteiger partial charge in [-0.3, -0.25) is 0 Å². The van der Waals surface area contributed by atoms with Crippen molar-refractivity contribution in [1.29, 1.82) is 0 Å². The molecule has 1 heteroatoms. The molecule has 1 aliphatic carbocycles.